The van der Waals surface area contributed by atoms with E-state index in [1.54, 1.807) is 0 Å². The molecule has 1 rings (SSSR count). The number of rotatable bonds is 4. The molecule has 1 aromatic heterocycles. The summed E-state index contributed by atoms with van der Waals surface area (Å²) in [5, 5.41) is 12.3. The lowest BCUT2D eigenvalue weighted by Crippen LogP contribution is -2.27. The van der Waals surface area contributed by atoms with E-state index in [-0.39, 0.29) is 12.0 Å². The highest BCUT2D eigenvalue weighted by Crippen LogP contribution is 2.15. The van der Waals surface area contributed by atoms with E-state index in [2.05, 4.69) is 15.3 Å². The van der Waals surface area contributed by atoms with Gasteiger partial charge >= 0.3 is 0 Å². The lowest BCUT2D eigenvalue weighted by molar-refractivity contribution is 0.170. The zero-order valence-electron chi connectivity index (χ0n) is 9.83. The maximum absolute atomic E-state index is 9.11. The summed E-state index contributed by atoms with van der Waals surface area (Å²) in [7, 11) is 0. The normalized spacial score (nSPS) is 11.5. The molecule has 4 nitrogen and oxygen atoms in total. The first kappa shape index (κ1) is 11.9. The van der Waals surface area contributed by atoms with E-state index in [0.29, 0.717) is 6.54 Å². The van der Waals surface area contributed by atoms with Gasteiger partial charge < -0.3 is 10.4 Å². The summed E-state index contributed by atoms with van der Waals surface area (Å²) in [4.78, 5) is 8.47. The first-order valence-corrected chi connectivity index (χ1v) is 5.10. The number of aliphatic hydroxyl groups is 1. The standard InChI is InChI=1S/C11H19N3O/c1-8-5-10(14-9(2)13-8)12-6-11(3,4)7-15/h5,15H,6-7H2,1-4H3,(H,12,13,14). The van der Waals surface area contributed by atoms with Crippen LogP contribution in [-0.2, 0) is 0 Å². The van der Waals surface area contributed by atoms with Crippen molar-refractivity contribution < 1.29 is 5.11 Å². The van der Waals surface area contributed by atoms with Crippen molar-refractivity contribution in [2.75, 3.05) is 18.5 Å². The number of aryl methyl sites for hydroxylation is 2. The second kappa shape index (κ2) is 4.57. The molecule has 0 saturated heterocycles. The van der Waals surface area contributed by atoms with Crippen LogP contribution in [0.5, 0.6) is 0 Å². The minimum Gasteiger partial charge on any atom is -0.396 e. The van der Waals surface area contributed by atoms with E-state index in [0.717, 1.165) is 17.3 Å². The summed E-state index contributed by atoms with van der Waals surface area (Å²) < 4.78 is 0. The largest absolute Gasteiger partial charge is 0.396 e. The lowest BCUT2D eigenvalue weighted by atomic mass is 9.95. The molecule has 4 heteroatoms. The van der Waals surface area contributed by atoms with Crippen molar-refractivity contribution in [1.82, 2.24) is 9.97 Å². The second-order valence-electron chi connectivity index (χ2n) is 4.62. The van der Waals surface area contributed by atoms with Gasteiger partial charge in [0, 0.05) is 30.3 Å². The lowest BCUT2D eigenvalue weighted by Gasteiger charge is -2.22. The molecule has 0 fully saturated rings. The Morgan fingerprint density at radius 2 is 2.00 bits per heavy atom. The molecule has 0 bridgehead atoms. The predicted octanol–water partition coefficient (Wildman–Crippen LogP) is 1.52. The zero-order chi connectivity index (χ0) is 11.5. The van der Waals surface area contributed by atoms with Crippen LogP contribution in [0.15, 0.2) is 6.07 Å². The predicted molar refractivity (Wildman–Crippen MR) is 60.9 cm³/mol. The molecule has 2 N–H and O–H groups in total. The molecule has 15 heavy (non-hydrogen) atoms. The van der Waals surface area contributed by atoms with Crippen molar-refractivity contribution in [3.63, 3.8) is 0 Å². The minimum absolute atomic E-state index is 0.132. The van der Waals surface area contributed by atoms with Crippen LogP contribution in [0.3, 0.4) is 0 Å². The number of aliphatic hydroxyl groups excluding tert-OH is 1. The summed E-state index contributed by atoms with van der Waals surface area (Å²) in [6.07, 6.45) is 0. The van der Waals surface area contributed by atoms with E-state index in [9.17, 15) is 0 Å². The van der Waals surface area contributed by atoms with Crippen LogP contribution in [0.4, 0.5) is 5.82 Å². The SMILES string of the molecule is Cc1cc(NCC(C)(C)CO)nc(C)n1. The van der Waals surface area contributed by atoms with Gasteiger partial charge in [-0.25, -0.2) is 9.97 Å². The molecule has 1 aromatic rings. The Bertz CT molecular complexity index is 316. The van der Waals surface area contributed by atoms with Gasteiger partial charge in [0.25, 0.3) is 0 Å². The van der Waals surface area contributed by atoms with Gasteiger partial charge in [-0.05, 0) is 13.8 Å². The summed E-state index contributed by atoms with van der Waals surface area (Å²) >= 11 is 0. The average Bonchev–Trinajstić information content (AvgIpc) is 2.14. The number of hydrogen-bond acceptors (Lipinski definition) is 4. The average molecular weight is 209 g/mol. The van der Waals surface area contributed by atoms with Gasteiger partial charge in [0.1, 0.15) is 11.6 Å². The fourth-order valence-electron chi connectivity index (χ4n) is 1.19. The minimum atomic E-state index is -0.132. The van der Waals surface area contributed by atoms with Crippen molar-refractivity contribution in [2.45, 2.75) is 27.7 Å². The zero-order valence-corrected chi connectivity index (χ0v) is 9.83. The third-order valence-electron chi connectivity index (χ3n) is 2.14. The maximum atomic E-state index is 9.11. The van der Waals surface area contributed by atoms with Gasteiger partial charge in [-0.1, -0.05) is 13.8 Å². The molecule has 0 radical (unpaired) electrons. The molecular formula is C11H19N3O. The molecule has 0 aromatic carbocycles. The van der Waals surface area contributed by atoms with E-state index >= 15 is 0 Å². The van der Waals surface area contributed by atoms with Crippen molar-refractivity contribution in [2.24, 2.45) is 5.41 Å². The van der Waals surface area contributed by atoms with Gasteiger partial charge in [-0.3, -0.25) is 0 Å². The van der Waals surface area contributed by atoms with Gasteiger partial charge in [0.05, 0.1) is 0 Å². The van der Waals surface area contributed by atoms with Crippen LogP contribution >= 0.6 is 0 Å². The van der Waals surface area contributed by atoms with Crippen molar-refractivity contribution >= 4 is 5.82 Å². The second-order valence-corrected chi connectivity index (χ2v) is 4.62. The molecular weight excluding hydrogens is 190 g/mol. The molecule has 1 heterocycles. The third kappa shape index (κ3) is 3.83. The van der Waals surface area contributed by atoms with Crippen molar-refractivity contribution in [3.8, 4) is 0 Å². The van der Waals surface area contributed by atoms with Crippen molar-refractivity contribution in [3.05, 3.63) is 17.6 Å². The molecule has 0 aliphatic heterocycles. The summed E-state index contributed by atoms with van der Waals surface area (Å²) in [5.74, 6) is 1.58. The monoisotopic (exact) mass is 209 g/mol. The first-order valence-electron chi connectivity index (χ1n) is 5.10. The van der Waals surface area contributed by atoms with Crippen LogP contribution in [-0.4, -0.2) is 28.2 Å². The highest BCUT2D eigenvalue weighted by Gasteiger charge is 2.16. The van der Waals surface area contributed by atoms with Gasteiger partial charge in [0.15, 0.2) is 0 Å². The summed E-state index contributed by atoms with van der Waals surface area (Å²) in [6.45, 7) is 8.66. The Labute approximate surface area is 90.8 Å². The van der Waals surface area contributed by atoms with Crippen LogP contribution in [0.2, 0.25) is 0 Å². The van der Waals surface area contributed by atoms with Crippen LogP contribution < -0.4 is 5.32 Å². The van der Waals surface area contributed by atoms with E-state index in [1.807, 2.05) is 33.8 Å². The Hall–Kier alpha value is -1.16. The smallest absolute Gasteiger partial charge is 0.129 e. The molecule has 0 aliphatic rings. The number of nitrogens with zero attached hydrogens (tertiary/aromatic N) is 2. The fourth-order valence-corrected chi connectivity index (χ4v) is 1.19. The summed E-state index contributed by atoms with van der Waals surface area (Å²) in [5.41, 5.74) is 0.819. The Morgan fingerprint density at radius 1 is 1.33 bits per heavy atom. The Kier molecular flexibility index (Phi) is 3.63. The molecule has 84 valence electrons. The van der Waals surface area contributed by atoms with Crippen LogP contribution in [0.25, 0.3) is 0 Å². The molecule has 0 saturated carbocycles. The molecule has 0 aliphatic carbocycles. The third-order valence-corrected chi connectivity index (χ3v) is 2.14. The molecule has 0 amide bonds. The number of aromatic nitrogens is 2. The Morgan fingerprint density at radius 3 is 2.53 bits per heavy atom. The number of hydrogen-bond donors (Lipinski definition) is 2. The number of nitrogens with one attached hydrogen (secondary N) is 1. The van der Waals surface area contributed by atoms with Crippen LogP contribution in [0, 0.1) is 19.3 Å². The van der Waals surface area contributed by atoms with Gasteiger partial charge in [-0.2, -0.15) is 0 Å². The van der Waals surface area contributed by atoms with Crippen molar-refractivity contribution in [1.29, 1.82) is 0 Å². The highest BCUT2D eigenvalue weighted by atomic mass is 16.3. The fraction of sp³-hybridized carbons (Fsp3) is 0.636. The highest BCUT2D eigenvalue weighted by molar-refractivity contribution is 5.35. The number of anilines is 1. The van der Waals surface area contributed by atoms with Crippen LogP contribution in [0.1, 0.15) is 25.4 Å². The summed E-state index contributed by atoms with van der Waals surface area (Å²) in [6, 6.07) is 1.90. The topological polar surface area (TPSA) is 58.0 Å². The Balaban J connectivity index is 2.65. The maximum Gasteiger partial charge on any atom is 0.129 e. The quantitative estimate of drug-likeness (QED) is 0.789. The van der Waals surface area contributed by atoms with E-state index < -0.39 is 0 Å². The first-order chi connectivity index (χ1) is 6.93. The van der Waals surface area contributed by atoms with Gasteiger partial charge in [0.2, 0.25) is 0 Å². The van der Waals surface area contributed by atoms with E-state index in [1.165, 1.54) is 0 Å². The molecule has 0 spiro atoms. The van der Waals surface area contributed by atoms with Gasteiger partial charge in [-0.15, -0.1) is 0 Å². The molecule has 0 unspecified atom stereocenters. The molecule has 0 atom stereocenters. The van der Waals surface area contributed by atoms with E-state index in [4.69, 9.17) is 5.11 Å².